The van der Waals surface area contributed by atoms with Crippen LogP contribution in [0.4, 0.5) is 5.69 Å². The van der Waals surface area contributed by atoms with Crippen molar-refractivity contribution in [2.24, 2.45) is 5.92 Å². The summed E-state index contributed by atoms with van der Waals surface area (Å²) in [5.41, 5.74) is 1.93. The summed E-state index contributed by atoms with van der Waals surface area (Å²) >= 11 is 6.20. The molecule has 0 bridgehead atoms. The highest BCUT2D eigenvalue weighted by atomic mass is 35.5. The molecule has 0 aliphatic carbocycles. The van der Waals surface area contributed by atoms with Crippen LogP contribution in [-0.4, -0.2) is 40.6 Å². The summed E-state index contributed by atoms with van der Waals surface area (Å²) in [5, 5.41) is 2.81. The molecule has 1 saturated heterocycles. The molecule has 6 nitrogen and oxygen atoms in total. The van der Waals surface area contributed by atoms with Gasteiger partial charge in [0.1, 0.15) is 10.7 Å². The number of hydrogen-bond acceptors (Lipinski definition) is 4. The number of carbonyl (C=O) groups excluding carboxylic acids is 3. The third-order valence-corrected chi connectivity index (χ3v) is 5.97. The largest absolute Gasteiger partial charge is 0.350 e. The Kier molecular flexibility index (Phi) is 6.09. The second-order valence-electron chi connectivity index (χ2n) is 8.08. The number of imide groups is 1. The molecule has 2 aliphatic rings. The van der Waals surface area contributed by atoms with Gasteiger partial charge in [0.2, 0.25) is 0 Å². The lowest BCUT2D eigenvalue weighted by molar-refractivity contribution is -0.138. The first-order valence-electron chi connectivity index (χ1n) is 10.4. The zero-order chi connectivity index (χ0) is 22.0. The van der Waals surface area contributed by atoms with E-state index >= 15 is 0 Å². The zero-order valence-corrected chi connectivity index (χ0v) is 18.1. The molecule has 1 N–H and O–H groups in total. The Hall–Kier alpha value is -3.12. The molecule has 1 fully saturated rings. The van der Waals surface area contributed by atoms with Crippen LogP contribution in [-0.2, 0) is 16.1 Å². The number of carbonyl (C=O) groups is 3. The van der Waals surface area contributed by atoms with E-state index in [2.05, 4.69) is 12.2 Å². The molecule has 0 saturated carbocycles. The number of amides is 3. The summed E-state index contributed by atoms with van der Waals surface area (Å²) in [6, 6.07) is 16.2. The highest BCUT2D eigenvalue weighted by Crippen LogP contribution is 2.27. The van der Waals surface area contributed by atoms with Gasteiger partial charge < -0.3 is 10.2 Å². The Morgan fingerprint density at radius 1 is 1.10 bits per heavy atom. The molecule has 3 amide bonds. The van der Waals surface area contributed by atoms with E-state index in [1.807, 2.05) is 35.2 Å². The van der Waals surface area contributed by atoms with Crippen molar-refractivity contribution in [2.45, 2.75) is 26.3 Å². The van der Waals surface area contributed by atoms with Gasteiger partial charge in [0.05, 0.1) is 6.54 Å². The van der Waals surface area contributed by atoms with Gasteiger partial charge in [0.25, 0.3) is 17.7 Å². The monoisotopic (exact) mass is 437 g/mol. The summed E-state index contributed by atoms with van der Waals surface area (Å²) < 4.78 is 0. The lowest BCUT2D eigenvalue weighted by Crippen LogP contribution is -2.39. The van der Waals surface area contributed by atoms with Crippen LogP contribution in [0.15, 0.2) is 65.3 Å². The fourth-order valence-electron chi connectivity index (χ4n) is 4.00. The molecule has 1 atom stereocenters. The number of hydrogen-bond donors (Lipinski definition) is 1. The summed E-state index contributed by atoms with van der Waals surface area (Å²) in [7, 11) is 0. The molecule has 4 rings (SSSR count). The maximum Gasteiger partial charge on any atom is 0.279 e. The van der Waals surface area contributed by atoms with Gasteiger partial charge in [-0.3, -0.25) is 19.3 Å². The molecule has 0 radical (unpaired) electrons. The lowest BCUT2D eigenvalue weighted by atomic mass is 9.99. The van der Waals surface area contributed by atoms with Gasteiger partial charge in [-0.15, -0.1) is 0 Å². The van der Waals surface area contributed by atoms with E-state index in [9.17, 15) is 14.4 Å². The molecule has 7 heteroatoms. The Balaban J connectivity index is 1.50. The van der Waals surface area contributed by atoms with Gasteiger partial charge in [-0.25, -0.2) is 0 Å². The van der Waals surface area contributed by atoms with Crippen LogP contribution in [0.2, 0.25) is 0 Å². The second kappa shape index (κ2) is 8.94. The lowest BCUT2D eigenvalue weighted by Gasteiger charge is -2.31. The first-order valence-corrected chi connectivity index (χ1v) is 10.8. The van der Waals surface area contributed by atoms with E-state index in [4.69, 9.17) is 11.6 Å². The molecule has 160 valence electrons. The maximum absolute atomic E-state index is 12.9. The number of likely N-dealkylation sites (tertiary alicyclic amines) is 1. The predicted octanol–water partition coefficient (Wildman–Crippen LogP) is 3.99. The number of halogens is 1. The first-order chi connectivity index (χ1) is 14.9. The Morgan fingerprint density at radius 2 is 1.87 bits per heavy atom. The van der Waals surface area contributed by atoms with Crippen molar-refractivity contribution in [1.29, 1.82) is 0 Å². The van der Waals surface area contributed by atoms with Crippen LogP contribution in [0, 0.1) is 5.92 Å². The summed E-state index contributed by atoms with van der Waals surface area (Å²) in [6.45, 7) is 3.79. The third-order valence-electron chi connectivity index (χ3n) is 5.62. The molecule has 2 aromatic carbocycles. The quantitative estimate of drug-likeness (QED) is 0.718. The van der Waals surface area contributed by atoms with Gasteiger partial charge in [-0.1, -0.05) is 54.9 Å². The van der Waals surface area contributed by atoms with E-state index in [0.717, 1.165) is 36.4 Å². The van der Waals surface area contributed by atoms with Crippen LogP contribution >= 0.6 is 11.6 Å². The minimum atomic E-state index is -0.535. The molecule has 0 unspecified atom stereocenters. The van der Waals surface area contributed by atoms with E-state index in [1.54, 1.807) is 24.3 Å². The molecule has 31 heavy (non-hydrogen) atoms. The summed E-state index contributed by atoms with van der Waals surface area (Å²) in [4.78, 5) is 41.3. The van der Waals surface area contributed by atoms with Crippen LogP contribution < -0.4 is 5.32 Å². The number of piperidine rings is 1. The van der Waals surface area contributed by atoms with Crippen LogP contribution in [0.5, 0.6) is 0 Å². The number of nitrogens with one attached hydrogen (secondary N) is 1. The van der Waals surface area contributed by atoms with Crippen molar-refractivity contribution in [3.8, 4) is 0 Å². The minimum absolute atomic E-state index is 0.0267. The molecule has 0 aromatic heterocycles. The van der Waals surface area contributed by atoms with Crippen molar-refractivity contribution >= 4 is 35.0 Å². The molecule has 2 heterocycles. The van der Waals surface area contributed by atoms with E-state index in [1.165, 1.54) is 0 Å². The van der Waals surface area contributed by atoms with Crippen molar-refractivity contribution in [3.05, 3.63) is 76.5 Å². The van der Waals surface area contributed by atoms with Crippen molar-refractivity contribution in [2.75, 3.05) is 18.4 Å². The number of anilines is 1. The topological polar surface area (TPSA) is 69.7 Å². The van der Waals surface area contributed by atoms with Crippen LogP contribution in [0.25, 0.3) is 0 Å². The van der Waals surface area contributed by atoms with Gasteiger partial charge in [-0.2, -0.15) is 0 Å². The average molecular weight is 438 g/mol. The van der Waals surface area contributed by atoms with Gasteiger partial charge in [0, 0.05) is 24.3 Å². The average Bonchev–Trinajstić information content (AvgIpc) is 2.98. The Morgan fingerprint density at radius 3 is 2.61 bits per heavy atom. The van der Waals surface area contributed by atoms with Gasteiger partial charge >= 0.3 is 0 Å². The van der Waals surface area contributed by atoms with Crippen LogP contribution in [0.1, 0.15) is 35.7 Å². The third kappa shape index (κ3) is 4.49. The minimum Gasteiger partial charge on any atom is -0.350 e. The highest BCUT2D eigenvalue weighted by molar-refractivity contribution is 6.48. The standard InChI is InChI=1S/C24H24ClN3O3/c1-16-7-6-12-27(14-16)22(29)18-10-5-11-19(13-18)26-21-20(25)23(30)28(24(21)31)15-17-8-3-2-4-9-17/h2-5,8-11,13,16,26H,6-7,12,14-15H2,1H3/t16-/m0/s1. The first kappa shape index (κ1) is 21.1. The smallest absolute Gasteiger partial charge is 0.279 e. The predicted molar refractivity (Wildman–Crippen MR) is 119 cm³/mol. The van der Waals surface area contributed by atoms with Crippen LogP contribution in [0.3, 0.4) is 0 Å². The number of nitrogens with zero attached hydrogens (tertiary/aromatic N) is 2. The van der Waals surface area contributed by atoms with E-state index in [-0.39, 0.29) is 23.2 Å². The summed E-state index contributed by atoms with van der Waals surface area (Å²) in [6.07, 6.45) is 2.13. The van der Waals surface area contributed by atoms with Crippen molar-refractivity contribution in [3.63, 3.8) is 0 Å². The molecule has 2 aromatic rings. The Labute approximate surface area is 186 Å². The van der Waals surface area contributed by atoms with E-state index < -0.39 is 11.8 Å². The fraction of sp³-hybridized carbons (Fsp3) is 0.292. The highest BCUT2D eigenvalue weighted by Gasteiger charge is 2.37. The van der Waals surface area contributed by atoms with Crippen molar-refractivity contribution < 1.29 is 14.4 Å². The van der Waals surface area contributed by atoms with Gasteiger partial charge in [0.15, 0.2) is 0 Å². The second-order valence-corrected chi connectivity index (χ2v) is 8.45. The van der Waals surface area contributed by atoms with Gasteiger partial charge in [-0.05, 0) is 42.5 Å². The molecular weight excluding hydrogens is 414 g/mol. The molecule has 2 aliphatic heterocycles. The Bertz CT molecular complexity index is 1050. The molecular formula is C24H24ClN3O3. The molecule has 0 spiro atoms. The SMILES string of the molecule is C[C@H]1CCCN(C(=O)c2cccc(NC3=C(Cl)C(=O)N(Cc4ccccc4)C3=O)c2)C1. The number of benzene rings is 2. The fourth-order valence-corrected chi connectivity index (χ4v) is 4.23. The summed E-state index contributed by atoms with van der Waals surface area (Å²) in [5.74, 6) is -0.566. The van der Waals surface area contributed by atoms with E-state index in [0.29, 0.717) is 17.2 Å². The normalized spacial score (nSPS) is 19.2. The zero-order valence-electron chi connectivity index (χ0n) is 17.3. The number of rotatable bonds is 5. The maximum atomic E-state index is 12.9. The van der Waals surface area contributed by atoms with Crippen molar-refractivity contribution in [1.82, 2.24) is 9.80 Å².